The summed E-state index contributed by atoms with van der Waals surface area (Å²) >= 11 is 5.43. The molecule has 1 aromatic rings. The molecule has 0 radical (unpaired) electrons. The zero-order chi connectivity index (χ0) is 13.5. The maximum Gasteiger partial charge on any atom is 0.166 e. The molecule has 104 valence electrons. The molecule has 0 aromatic heterocycles. The monoisotopic (exact) mass is 276 g/mol. The van der Waals surface area contributed by atoms with Gasteiger partial charge in [0.15, 0.2) is 5.11 Å². The van der Waals surface area contributed by atoms with Crippen molar-refractivity contribution in [3.63, 3.8) is 0 Å². The predicted molar refractivity (Wildman–Crippen MR) is 85.2 cm³/mol. The standard InChI is InChI=1S/C16H24N2S/c1-13(14-9-5-4-6-10-14)17-16(19)18-15-11-7-2-3-8-12-15/h4-6,9-10,13,15H,2-3,7-8,11-12H2,1H3,(H2,17,18,19). The Morgan fingerprint density at radius 1 is 1.11 bits per heavy atom. The molecule has 1 saturated carbocycles. The first kappa shape index (κ1) is 14.3. The van der Waals surface area contributed by atoms with Crippen molar-refractivity contribution < 1.29 is 0 Å². The molecule has 0 spiro atoms. The minimum absolute atomic E-state index is 0.256. The highest BCUT2D eigenvalue weighted by atomic mass is 32.1. The Morgan fingerprint density at radius 2 is 1.74 bits per heavy atom. The molecule has 3 heteroatoms. The van der Waals surface area contributed by atoms with E-state index in [0.29, 0.717) is 6.04 Å². The van der Waals surface area contributed by atoms with Crippen LogP contribution in [0.5, 0.6) is 0 Å². The maximum atomic E-state index is 5.43. The van der Waals surface area contributed by atoms with Crippen LogP contribution in [0.15, 0.2) is 30.3 Å². The molecule has 1 aromatic carbocycles. The number of benzene rings is 1. The molecule has 1 aliphatic rings. The third-order valence-corrected chi connectivity index (χ3v) is 4.07. The van der Waals surface area contributed by atoms with Gasteiger partial charge in [-0.3, -0.25) is 0 Å². The van der Waals surface area contributed by atoms with E-state index in [1.165, 1.54) is 44.1 Å². The lowest BCUT2D eigenvalue weighted by Gasteiger charge is -2.22. The Bertz CT molecular complexity index is 383. The molecule has 1 aliphatic carbocycles. The van der Waals surface area contributed by atoms with E-state index in [1.54, 1.807) is 0 Å². The van der Waals surface area contributed by atoms with Gasteiger partial charge in [-0.05, 0) is 37.5 Å². The molecule has 19 heavy (non-hydrogen) atoms. The van der Waals surface area contributed by atoms with Crippen molar-refractivity contribution in [3.05, 3.63) is 35.9 Å². The fourth-order valence-corrected chi connectivity index (χ4v) is 3.02. The lowest BCUT2D eigenvalue weighted by atomic mass is 10.1. The van der Waals surface area contributed by atoms with Crippen LogP contribution < -0.4 is 10.6 Å². The van der Waals surface area contributed by atoms with Gasteiger partial charge in [0.05, 0.1) is 6.04 Å². The average molecular weight is 276 g/mol. The number of thiocarbonyl (C=S) groups is 1. The number of hydrogen-bond acceptors (Lipinski definition) is 1. The normalized spacial score (nSPS) is 18.4. The first-order valence-electron chi connectivity index (χ1n) is 7.37. The fourth-order valence-electron chi connectivity index (χ4n) is 2.67. The summed E-state index contributed by atoms with van der Waals surface area (Å²) in [5.41, 5.74) is 1.27. The van der Waals surface area contributed by atoms with Gasteiger partial charge in [0.1, 0.15) is 0 Å². The number of nitrogens with one attached hydrogen (secondary N) is 2. The molecular formula is C16H24N2S. The van der Waals surface area contributed by atoms with Crippen LogP contribution in [0.25, 0.3) is 0 Å². The van der Waals surface area contributed by atoms with E-state index in [4.69, 9.17) is 12.2 Å². The van der Waals surface area contributed by atoms with E-state index in [1.807, 2.05) is 6.07 Å². The SMILES string of the molecule is CC(NC(=S)NC1CCCCCC1)c1ccccc1. The number of hydrogen-bond donors (Lipinski definition) is 2. The van der Waals surface area contributed by atoms with Crippen molar-refractivity contribution in [2.45, 2.75) is 57.5 Å². The molecule has 1 atom stereocenters. The van der Waals surface area contributed by atoms with Gasteiger partial charge in [0, 0.05) is 6.04 Å². The maximum absolute atomic E-state index is 5.43. The zero-order valence-electron chi connectivity index (χ0n) is 11.7. The Morgan fingerprint density at radius 3 is 2.37 bits per heavy atom. The van der Waals surface area contributed by atoms with Crippen LogP contribution in [-0.2, 0) is 0 Å². The highest BCUT2D eigenvalue weighted by Gasteiger charge is 2.14. The molecule has 1 unspecified atom stereocenters. The Kier molecular flexibility index (Phi) is 5.64. The Labute approximate surface area is 122 Å². The summed E-state index contributed by atoms with van der Waals surface area (Å²) in [6.07, 6.45) is 7.91. The van der Waals surface area contributed by atoms with Crippen molar-refractivity contribution in [2.75, 3.05) is 0 Å². The second kappa shape index (κ2) is 7.49. The van der Waals surface area contributed by atoms with E-state index >= 15 is 0 Å². The highest BCUT2D eigenvalue weighted by molar-refractivity contribution is 7.80. The van der Waals surface area contributed by atoms with E-state index in [2.05, 4.69) is 41.8 Å². The molecule has 0 bridgehead atoms. The third kappa shape index (κ3) is 4.83. The molecule has 2 N–H and O–H groups in total. The quantitative estimate of drug-likeness (QED) is 0.646. The van der Waals surface area contributed by atoms with Crippen molar-refractivity contribution in [2.24, 2.45) is 0 Å². The van der Waals surface area contributed by atoms with Gasteiger partial charge in [-0.2, -0.15) is 0 Å². The molecule has 0 saturated heterocycles. The van der Waals surface area contributed by atoms with E-state index < -0.39 is 0 Å². The van der Waals surface area contributed by atoms with Crippen molar-refractivity contribution >= 4 is 17.3 Å². The van der Waals surface area contributed by atoms with Gasteiger partial charge >= 0.3 is 0 Å². The Hall–Kier alpha value is -1.09. The van der Waals surface area contributed by atoms with Gasteiger partial charge in [-0.1, -0.05) is 56.0 Å². The lowest BCUT2D eigenvalue weighted by molar-refractivity contribution is 0.524. The largest absolute Gasteiger partial charge is 0.360 e. The zero-order valence-corrected chi connectivity index (χ0v) is 12.5. The molecule has 1 fully saturated rings. The third-order valence-electron chi connectivity index (χ3n) is 3.84. The highest BCUT2D eigenvalue weighted by Crippen LogP contribution is 2.17. The summed E-state index contributed by atoms with van der Waals surface area (Å²) < 4.78 is 0. The van der Waals surface area contributed by atoms with Crippen LogP contribution in [-0.4, -0.2) is 11.2 Å². The average Bonchev–Trinajstić information content (AvgIpc) is 2.68. The first-order chi connectivity index (χ1) is 9.25. The van der Waals surface area contributed by atoms with Crippen LogP contribution >= 0.6 is 12.2 Å². The van der Waals surface area contributed by atoms with E-state index in [-0.39, 0.29) is 6.04 Å². The molecule has 0 amide bonds. The Balaban J connectivity index is 1.80. The van der Waals surface area contributed by atoms with Crippen LogP contribution in [0, 0.1) is 0 Å². The van der Waals surface area contributed by atoms with E-state index in [0.717, 1.165) is 5.11 Å². The summed E-state index contributed by atoms with van der Waals surface area (Å²) in [5, 5.41) is 7.66. The molecule has 2 nitrogen and oxygen atoms in total. The van der Waals surface area contributed by atoms with Crippen LogP contribution in [0.3, 0.4) is 0 Å². The molecular weight excluding hydrogens is 252 g/mol. The molecule has 0 heterocycles. The smallest absolute Gasteiger partial charge is 0.166 e. The van der Waals surface area contributed by atoms with Crippen molar-refractivity contribution in [1.29, 1.82) is 0 Å². The minimum atomic E-state index is 0.256. The lowest BCUT2D eigenvalue weighted by Crippen LogP contribution is -2.42. The summed E-state index contributed by atoms with van der Waals surface area (Å²) in [5.74, 6) is 0. The second-order valence-electron chi connectivity index (χ2n) is 5.44. The fraction of sp³-hybridized carbons (Fsp3) is 0.562. The van der Waals surface area contributed by atoms with Crippen LogP contribution in [0.1, 0.15) is 57.1 Å². The van der Waals surface area contributed by atoms with Crippen LogP contribution in [0.2, 0.25) is 0 Å². The van der Waals surface area contributed by atoms with Crippen molar-refractivity contribution in [1.82, 2.24) is 10.6 Å². The van der Waals surface area contributed by atoms with Gasteiger partial charge < -0.3 is 10.6 Å². The summed E-state index contributed by atoms with van der Waals surface area (Å²) in [6, 6.07) is 11.2. The van der Waals surface area contributed by atoms with Gasteiger partial charge in [-0.15, -0.1) is 0 Å². The molecule has 2 rings (SSSR count). The summed E-state index contributed by atoms with van der Waals surface area (Å²) in [4.78, 5) is 0. The second-order valence-corrected chi connectivity index (χ2v) is 5.85. The topological polar surface area (TPSA) is 24.1 Å². The summed E-state index contributed by atoms with van der Waals surface area (Å²) in [7, 11) is 0. The predicted octanol–water partition coefficient (Wildman–Crippen LogP) is 3.93. The van der Waals surface area contributed by atoms with E-state index in [9.17, 15) is 0 Å². The number of rotatable bonds is 3. The van der Waals surface area contributed by atoms with Gasteiger partial charge in [-0.25, -0.2) is 0 Å². The first-order valence-corrected chi connectivity index (χ1v) is 7.78. The van der Waals surface area contributed by atoms with Crippen molar-refractivity contribution in [3.8, 4) is 0 Å². The summed E-state index contributed by atoms with van der Waals surface area (Å²) in [6.45, 7) is 2.15. The van der Waals surface area contributed by atoms with Gasteiger partial charge in [0.25, 0.3) is 0 Å². The minimum Gasteiger partial charge on any atom is -0.360 e. The molecule has 0 aliphatic heterocycles. The van der Waals surface area contributed by atoms with Crippen LogP contribution in [0.4, 0.5) is 0 Å². The van der Waals surface area contributed by atoms with Gasteiger partial charge in [0.2, 0.25) is 0 Å².